The Morgan fingerprint density at radius 2 is 1.48 bits per heavy atom. The van der Waals surface area contributed by atoms with E-state index in [0.717, 1.165) is 16.7 Å². The fourth-order valence-electron chi connectivity index (χ4n) is 3.09. The lowest BCUT2D eigenvalue weighted by atomic mass is 10.1. The van der Waals surface area contributed by atoms with Crippen molar-refractivity contribution in [2.24, 2.45) is 0 Å². The molecule has 9 heteroatoms. The molecule has 7 nitrogen and oxygen atoms in total. The van der Waals surface area contributed by atoms with Gasteiger partial charge in [0.2, 0.25) is 0 Å². The van der Waals surface area contributed by atoms with Gasteiger partial charge in [-0.2, -0.15) is 0 Å². The molecular weight excluding hydrogens is 464 g/mol. The zero-order chi connectivity index (χ0) is 24.3. The third-order valence-electron chi connectivity index (χ3n) is 5.03. The Balaban J connectivity index is 1.92. The molecule has 0 aliphatic rings. The predicted molar refractivity (Wildman–Crippen MR) is 129 cm³/mol. The van der Waals surface area contributed by atoms with Crippen LogP contribution in [0.1, 0.15) is 37.4 Å². The van der Waals surface area contributed by atoms with E-state index in [0.29, 0.717) is 11.4 Å². The van der Waals surface area contributed by atoms with Crippen LogP contribution in [0.4, 0.5) is 11.4 Å². The summed E-state index contributed by atoms with van der Waals surface area (Å²) in [7, 11) is -2.80. The van der Waals surface area contributed by atoms with Gasteiger partial charge in [-0.15, -0.1) is 0 Å². The number of carbonyl (C=O) groups excluding carboxylic acids is 2. The van der Waals surface area contributed by atoms with E-state index in [1.54, 1.807) is 32.0 Å². The van der Waals surface area contributed by atoms with Crippen LogP contribution in [-0.4, -0.2) is 27.4 Å². The molecule has 0 heterocycles. The first-order valence-corrected chi connectivity index (χ1v) is 11.8. The summed E-state index contributed by atoms with van der Waals surface area (Å²) in [6.45, 7) is 5.41. The highest BCUT2D eigenvalue weighted by Gasteiger charge is 2.22. The molecule has 3 aromatic rings. The maximum atomic E-state index is 13.0. The number of rotatable bonds is 6. The normalized spacial score (nSPS) is 11.1. The monoisotopic (exact) mass is 486 g/mol. The van der Waals surface area contributed by atoms with Crippen molar-refractivity contribution in [3.63, 3.8) is 0 Å². The van der Waals surface area contributed by atoms with Crippen LogP contribution in [0.5, 0.6) is 0 Å². The minimum absolute atomic E-state index is 0.0202. The number of ether oxygens (including phenoxy) is 1. The number of hydrogen-bond donors (Lipinski definition) is 2. The van der Waals surface area contributed by atoms with Crippen molar-refractivity contribution in [2.75, 3.05) is 17.1 Å². The number of hydrogen-bond acceptors (Lipinski definition) is 5. The van der Waals surface area contributed by atoms with E-state index in [-0.39, 0.29) is 21.0 Å². The number of nitrogens with one attached hydrogen (secondary N) is 2. The lowest BCUT2D eigenvalue weighted by Crippen LogP contribution is -2.17. The number of carbonyl (C=O) groups is 2. The first-order chi connectivity index (χ1) is 15.5. The van der Waals surface area contributed by atoms with Crippen molar-refractivity contribution in [3.8, 4) is 0 Å². The van der Waals surface area contributed by atoms with Crippen molar-refractivity contribution < 1.29 is 22.7 Å². The smallest absolute Gasteiger partial charge is 0.337 e. The van der Waals surface area contributed by atoms with Gasteiger partial charge in [0.1, 0.15) is 4.90 Å². The van der Waals surface area contributed by atoms with Crippen molar-refractivity contribution in [1.82, 2.24) is 0 Å². The molecule has 33 heavy (non-hydrogen) atoms. The minimum Gasteiger partial charge on any atom is -0.465 e. The molecule has 0 saturated carbocycles. The van der Waals surface area contributed by atoms with E-state index in [1.165, 1.54) is 31.4 Å². The largest absolute Gasteiger partial charge is 0.465 e. The molecule has 0 aliphatic heterocycles. The number of benzene rings is 3. The Morgan fingerprint density at radius 1 is 0.848 bits per heavy atom. The molecule has 0 radical (unpaired) electrons. The first kappa shape index (κ1) is 24.3. The van der Waals surface area contributed by atoms with Crippen LogP contribution in [0.3, 0.4) is 0 Å². The summed E-state index contributed by atoms with van der Waals surface area (Å²) in [6.07, 6.45) is 0. The van der Waals surface area contributed by atoms with Gasteiger partial charge in [0.05, 0.1) is 23.4 Å². The molecule has 0 spiro atoms. The zero-order valence-corrected chi connectivity index (χ0v) is 20.1. The van der Waals surface area contributed by atoms with E-state index in [2.05, 4.69) is 10.0 Å². The summed E-state index contributed by atoms with van der Waals surface area (Å²) in [5.41, 5.74) is 3.54. The molecule has 1 amide bonds. The van der Waals surface area contributed by atoms with Gasteiger partial charge in [0, 0.05) is 11.3 Å². The second-order valence-electron chi connectivity index (χ2n) is 7.54. The number of methoxy groups -OCH3 is 1. The number of esters is 1. The number of sulfonamides is 1. The van der Waals surface area contributed by atoms with Gasteiger partial charge in [-0.1, -0.05) is 29.8 Å². The number of halogens is 1. The van der Waals surface area contributed by atoms with Gasteiger partial charge in [-0.05, 0) is 73.9 Å². The highest BCUT2D eigenvalue weighted by molar-refractivity contribution is 7.92. The third kappa shape index (κ3) is 5.53. The van der Waals surface area contributed by atoms with Gasteiger partial charge < -0.3 is 10.1 Å². The Kier molecular flexibility index (Phi) is 7.09. The van der Waals surface area contributed by atoms with Gasteiger partial charge in [-0.25, -0.2) is 13.2 Å². The van der Waals surface area contributed by atoms with Crippen LogP contribution in [0, 0.1) is 20.8 Å². The molecule has 2 N–H and O–H groups in total. The van der Waals surface area contributed by atoms with E-state index in [4.69, 9.17) is 16.3 Å². The first-order valence-electron chi connectivity index (χ1n) is 9.92. The summed E-state index contributed by atoms with van der Waals surface area (Å²) in [4.78, 5) is 24.5. The lowest BCUT2D eigenvalue weighted by molar-refractivity contribution is 0.0600. The van der Waals surface area contributed by atoms with Crippen LogP contribution in [-0.2, 0) is 14.8 Å². The molecule has 0 aliphatic carbocycles. The summed E-state index contributed by atoms with van der Waals surface area (Å²) in [5.74, 6) is -1.09. The molecule has 0 atom stereocenters. The lowest BCUT2D eigenvalue weighted by Gasteiger charge is -2.14. The zero-order valence-electron chi connectivity index (χ0n) is 18.5. The van der Waals surface area contributed by atoms with Gasteiger partial charge in [0.25, 0.3) is 15.9 Å². The van der Waals surface area contributed by atoms with Gasteiger partial charge in [0.15, 0.2) is 0 Å². The molecule has 3 aromatic carbocycles. The molecule has 0 bridgehead atoms. The average Bonchev–Trinajstić information content (AvgIpc) is 2.77. The van der Waals surface area contributed by atoms with Gasteiger partial charge >= 0.3 is 5.97 Å². The van der Waals surface area contributed by atoms with Crippen LogP contribution < -0.4 is 10.0 Å². The van der Waals surface area contributed by atoms with Crippen LogP contribution in [0.25, 0.3) is 0 Å². The van der Waals surface area contributed by atoms with Crippen molar-refractivity contribution in [1.29, 1.82) is 0 Å². The highest BCUT2D eigenvalue weighted by atomic mass is 35.5. The van der Waals surface area contributed by atoms with Crippen LogP contribution >= 0.6 is 11.6 Å². The maximum absolute atomic E-state index is 13.0. The maximum Gasteiger partial charge on any atom is 0.337 e. The van der Waals surface area contributed by atoms with Crippen molar-refractivity contribution >= 4 is 44.9 Å². The second kappa shape index (κ2) is 9.64. The average molecular weight is 487 g/mol. The predicted octanol–water partition coefficient (Wildman–Crippen LogP) is 5.10. The van der Waals surface area contributed by atoms with E-state index in [9.17, 15) is 18.0 Å². The summed E-state index contributed by atoms with van der Waals surface area (Å²) in [5, 5.41) is 2.69. The van der Waals surface area contributed by atoms with Crippen LogP contribution in [0.15, 0.2) is 59.5 Å². The SMILES string of the molecule is COC(=O)c1ccc(C)c(NC(=O)c2ccc(Cl)c(S(=O)(=O)Nc3cc(C)ccc3C)c2)c1. The van der Waals surface area contributed by atoms with Crippen molar-refractivity contribution in [3.05, 3.63) is 87.4 Å². The Labute approximate surface area is 197 Å². The summed E-state index contributed by atoms with van der Waals surface area (Å²) in [6, 6.07) is 14.1. The number of anilines is 2. The van der Waals surface area contributed by atoms with E-state index < -0.39 is 21.9 Å². The Hall–Kier alpha value is -3.36. The molecule has 0 saturated heterocycles. The standard InChI is InChI=1S/C24H23ClN2O5S/c1-14-5-6-16(3)21(11-14)27-33(30,31)22-13-17(9-10-19(22)25)23(28)26-20-12-18(24(29)32-4)8-7-15(20)2/h5-13,27H,1-4H3,(H,26,28). The summed E-state index contributed by atoms with van der Waals surface area (Å²) < 4.78 is 33.3. The molecule has 0 aromatic heterocycles. The molecule has 0 unspecified atom stereocenters. The van der Waals surface area contributed by atoms with Crippen molar-refractivity contribution in [2.45, 2.75) is 25.7 Å². The topological polar surface area (TPSA) is 102 Å². The van der Waals surface area contributed by atoms with Gasteiger partial charge in [-0.3, -0.25) is 9.52 Å². The van der Waals surface area contributed by atoms with Crippen LogP contribution in [0.2, 0.25) is 5.02 Å². The molecule has 172 valence electrons. The number of amides is 1. The quantitative estimate of drug-likeness (QED) is 0.472. The minimum atomic E-state index is -4.06. The molecular formula is C24H23ClN2O5S. The fourth-order valence-corrected chi connectivity index (χ4v) is 4.74. The van der Waals surface area contributed by atoms with E-state index in [1.807, 2.05) is 19.1 Å². The Morgan fingerprint density at radius 3 is 2.18 bits per heavy atom. The highest BCUT2D eigenvalue weighted by Crippen LogP contribution is 2.27. The fraction of sp³-hybridized carbons (Fsp3) is 0.167. The Bertz CT molecular complexity index is 1350. The molecule has 0 fully saturated rings. The molecule has 3 rings (SSSR count). The summed E-state index contributed by atoms with van der Waals surface area (Å²) >= 11 is 6.18. The number of aryl methyl sites for hydroxylation is 3. The third-order valence-corrected chi connectivity index (χ3v) is 6.87. The van der Waals surface area contributed by atoms with E-state index >= 15 is 0 Å². The second-order valence-corrected chi connectivity index (χ2v) is 9.60.